The topological polar surface area (TPSA) is 81.9 Å². The normalized spacial score (nSPS) is 14.9. The van der Waals surface area contributed by atoms with Crippen molar-refractivity contribution in [2.75, 3.05) is 25.5 Å². The summed E-state index contributed by atoms with van der Waals surface area (Å²) in [4.78, 5) is 17.2. The van der Waals surface area contributed by atoms with Gasteiger partial charge in [0.25, 0.3) is 0 Å². The first-order valence-electron chi connectivity index (χ1n) is 12.1. The van der Waals surface area contributed by atoms with Crippen LogP contribution in [0.2, 0.25) is 0 Å². The molecule has 2 aromatic heterocycles. The minimum Gasteiger partial charge on any atom is -0.381 e. The van der Waals surface area contributed by atoms with E-state index in [1.54, 1.807) is 12.4 Å². The van der Waals surface area contributed by atoms with Gasteiger partial charge in [0.05, 0.1) is 12.3 Å². The monoisotopic (exact) mass is 499 g/mol. The molecule has 1 fully saturated rings. The molecular formula is C28H29N5O2S. The Kier molecular flexibility index (Phi) is 7.73. The van der Waals surface area contributed by atoms with E-state index in [1.165, 1.54) is 17.3 Å². The third kappa shape index (κ3) is 5.66. The fourth-order valence-corrected chi connectivity index (χ4v) is 5.35. The van der Waals surface area contributed by atoms with E-state index in [4.69, 9.17) is 4.74 Å². The number of hydrogen-bond acceptors (Lipinski definition) is 6. The van der Waals surface area contributed by atoms with Gasteiger partial charge in [-0.25, -0.2) is 0 Å². The molecule has 1 N–H and O–H groups in total. The number of benzene rings is 2. The summed E-state index contributed by atoms with van der Waals surface area (Å²) in [5.74, 6) is 0.987. The summed E-state index contributed by atoms with van der Waals surface area (Å²) >= 11 is 1.40. The molecule has 7 nitrogen and oxygen atoms in total. The van der Waals surface area contributed by atoms with Gasteiger partial charge in [-0.1, -0.05) is 72.4 Å². The molecule has 1 aliphatic heterocycles. The zero-order valence-corrected chi connectivity index (χ0v) is 20.9. The molecule has 0 radical (unpaired) electrons. The molecule has 184 valence electrons. The molecule has 0 aliphatic carbocycles. The molecule has 4 aromatic rings. The Bertz CT molecular complexity index is 1260. The molecule has 0 spiro atoms. The molecule has 1 amide bonds. The second kappa shape index (κ2) is 11.5. The van der Waals surface area contributed by atoms with Crippen LogP contribution < -0.4 is 5.32 Å². The Morgan fingerprint density at radius 2 is 1.72 bits per heavy atom. The average Bonchev–Trinajstić information content (AvgIpc) is 3.35. The van der Waals surface area contributed by atoms with Crippen molar-refractivity contribution in [1.82, 2.24) is 25.1 Å². The van der Waals surface area contributed by atoms with Crippen LogP contribution in [0.3, 0.4) is 0 Å². The van der Waals surface area contributed by atoms with Gasteiger partial charge in [0.15, 0.2) is 11.0 Å². The Labute approximate surface area is 215 Å². The van der Waals surface area contributed by atoms with E-state index in [2.05, 4.69) is 56.9 Å². The van der Waals surface area contributed by atoms with Crippen LogP contribution >= 0.6 is 11.8 Å². The lowest BCUT2D eigenvalue weighted by atomic mass is 9.74. The fraction of sp³-hybridized carbons (Fsp3) is 0.286. The maximum absolute atomic E-state index is 12.9. The summed E-state index contributed by atoms with van der Waals surface area (Å²) in [6.45, 7) is 2.62. The molecule has 1 aliphatic rings. The van der Waals surface area contributed by atoms with Gasteiger partial charge in [0, 0.05) is 43.1 Å². The number of ether oxygens (including phenoxy) is 1. The first-order chi connectivity index (χ1) is 17.7. The van der Waals surface area contributed by atoms with E-state index >= 15 is 0 Å². The Morgan fingerprint density at radius 3 is 2.44 bits per heavy atom. The summed E-state index contributed by atoms with van der Waals surface area (Å²) in [7, 11) is 0. The molecule has 2 aromatic carbocycles. The number of rotatable bonds is 9. The lowest BCUT2D eigenvalue weighted by Crippen LogP contribution is -2.45. The molecule has 0 unspecified atom stereocenters. The predicted octanol–water partition coefficient (Wildman–Crippen LogP) is 4.35. The van der Waals surface area contributed by atoms with Crippen molar-refractivity contribution in [3.8, 4) is 11.4 Å². The SMILES string of the molecule is O=C(CSc1nnc(-c2cccnc2)n1Cc1ccccc1)NCC1(c2ccccc2)CCOCC1. The summed E-state index contributed by atoms with van der Waals surface area (Å²) in [5, 5.41) is 12.8. The van der Waals surface area contributed by atoms with Crippen LogP contribution in [0.4, 0.5) is 0 Å². The first kappa shape index (κ1) is 24.2. The second-order valence-electron chi connectivity index (χ2n) is 8.94. The van der Waals surface area contributed by atoms with Crippen molar-refractivity contribution < 1.29 is 9.53 Å². The van der Waals surface area contributed by atoms with Crippen LogP contribution in [0.15, 0.2) is 90.3 Å². The van der Waals surface area contributed by atoms with E-state index in [1.807, 2.05) is 41.0 Å². The summed E-state index contributed by atoms with van der Waals surface area (Å²) in [6.07, 6.45) is 5.31. The summed E-state index contributed by atoms with van der Waals surface area (Å²) < 4.78 is 7.67. The summed E-state index contributed by atoms with van der Waals surface area (Å²) in [5.41, 5.74) is 3.19. The van der Waals surface area contributed by atoms with Crippen molar-refractivity contribution in [3.05, 3.63) is 96.3 Å². The van der Waals surface area contributed by atoms with E-state index in [0.717, 1.165) is 29.8 Å². The zero-order chi connectivity index (χ0) is 24.6. The van der Waals surface area contributed by atoms with Gasteiger partial charge in [0.1, 0.15) is 0 Å². The first-order valence-corrected chi connectivity index (χ1v) is 13.1. The third-order valence-electron chi connectivity index (χ3n) is 6.61. The highest BCUT2D eigenvalue weighted by atomic mass is 32.2. The van der Waals surface area contributed by atoms with E-state index in [-0.39, 0.29) is 17.1 Å². The van der Waals surface area contributed by atoms with Crippen LogP contribution in [-0.4, -0.2) is 51.2 Å². The fourth-order valence-electron chi connectivity index (χ4n) is 4.58. The standard InChI is InChI=1S/C28H29N5O2S/c34-25(30-21-28(13-16-35-17-14-28)24-11-5-2-6-12-24)20-36-27-32-31-26(23-10-7-15-29-18-23)33(27)19-22-8-3-1-4-9-22/h1-12,15,18H,13-14,16-17,19-21H2,(H,30,34). The Balaban J connectivity index is 1.28. The lowest BCUT2D eigenvalue weighted by Gasteiger charge is -2.38. The van der Waals surface area contributed by atoms with Crippen LogP contribution in [0.5, 0.6) is 0 Å². The number of nitrogens with zero attached hydrogens (tertiary/aromatic N) is 4. The number of hydrogen-bond donors (Lipinski definition) is 1. The number of nitrogens with one attached hydrogen (secondary N) is 1. The van der Waals surface area contributed by atoms with Crippen molar-refractivity contribution in [2.24, 2.45) is 0 Å². The molecule has 36 heavy (non-hydrogen) atoms. The quantitative estimate of drug-likeness (QED) is 0.345. The number of thioether (sulfide) groups is 1. The molecular weight excluding hydrogens is 470 g/mol. The average molecular weight is 500 g/mol. The molecule has 3 heterocycles. The highest BCUT2D eigenvalue weighted by Crippen LogP contribution is 2.34. The Hall–Kier alpha value is -3.49. The van der Waals surface area contributed by atoms with Gasteiger partial charge in [0.2, 0.25) is 5.91 Å². The van der Waals surface area contributed by atoms with Crippen molar-refractivity contribution in [3.63, 3.8) is 0 Å². The van der Waals surface area contributed by atoms with E-state index < -0.39 is 0 Å². The molecule has 5 rings (SSSR count). The molecule has 0 atom stereocenters. The third-order valence-corrected chi connectivity index (χ3v) is 7.58. The van der Waals surface area contributed by atoms with Gasteiger partial charge >= 0.3 is 0 Å². The number of amides is 1. The zero-order valence-electron chi connectivity index (χ0n) is 20.0. The molecule has 8 heteroatoms. The van der Waals surface area contributed by atoms with Gasteiger partial charge < -0.3 is 10.1 Å². The number of pyridine rings is 1. The number of carbonyl (C=O) groups is 1. The van der Waals surface area contributed by atoms with Crippen LogP contribution in [-0.2, 0) is 21.5 Å². The molecule has 1 saturated heterocycles. The molecule has 0 saturated carbocycles. The van der Waals surface area contributed by atoms with Crippen molar-refractivity contribution in [2.45, 2.75) is 30.0 Å². The maximum Gasteiger partial charge on any atom is 0.230 e. The van der Waals surface area contributed by atoms with Gasteiger partial charge in [-0.2, -0.15) is 0 Å². The minimum absolute atomic E-state index is 0.0148. The van der Waals surface area contributed by atoms with E-state index in [0.29, 0.717) is 31.5 Å². The van der Waals surface area contributed by atoms with Gasteiger partial charge in [-0.3, -0.25) is 14.3 Å². The number of aromatic nitrogens is 4. The predicted molar refractivity (Wildman–Crippen MR) is 141 cm³/mol. The lowest BCUT2D eigenvalue weighted by molar-refractivity contribution is -0.119. The maximum atomic E-state index is 12.9. The second-order valence-corrected chi connectivity index (χ2v) is 9.89. The van der Waals surface area contributed by atoms with E-state index in [9.17, 15) is 4.79 Å². The summed E-state index contributed by atoms with van der Waals surface area (Å²) in [6, 6.07) is 24.5. The van der Waals surface area contributed by atoms with Gasteiger partial charge in [-0.05, 0) is 36.1 Å². The van der Waals surface area contributed by atoms with Gasteiger partial charge in [-0.15, -0.1) is 10.2 Å². The van der Waals surface area contributed by atoms with Crippen molar-refractivity contribution in [1.29, 1.82) is 0 Å². The highest BCUT2D eigenvalue weighted by molar-refractivity contribution is 7.99. The largest absolute Gasteiger partial charge is 0.381 e. The Morgan fingerprint density at radius 1 is 0.972 bits per heavy atom. The molecule has 0 bridgehead atoms. The van der Waals surface area contributed by atoms with Crippen molar-refractivity contribution >= 4 is 17.7 Å². The highest BCUT2D eigenvalue weighted by Gasteiger charge is 2.34. The minimum atomic E-state index is -0.0966. The van der Waals surface area contributed by atoms with Crippen LogP contribution in [0.1, 0.15) is 24.0 Å². The van der Waals surface area contributed by atoms with Crippen LogP contribution in [0.25, 0.3) is 11.4 Å². The smallest absolute Gasteiger partial charge is 0.230 e. The number of carbonyl (C=O) groups excluding carboxylic acids is 1. The van der Waals surface area contributed by atoms with Crippen LogP contribution in [0, 0.1) is 0 Å².